The normalized spacial score (nSPS) is 18.8. The average Bonchev–Trinajstić information content (AvgIpc) is 2.94. The van der Waals surface area contributed by atoms with E-state index < -0.39 is 10.0 Å². The van der Waals surface area contributed by atoms with E-state index in [-0.39, 0.29) is 10.3 Å². The predicted octanol–water partition coefficient (Wildman–Crippen LogP) is 1.48. The molecule has 1 aliphatic carbocycles. The zero-order valence-corrected chi connectivity index (χ0v) is 13.5. The Labute approximate surface area is 127 Å². The molecule has 7 heteroatoms. The Morgan fingerprint density at radius 3 is 2.76 bits per heavy atom. The third kappa shape index (κ3) is 4.52. The summed E-state index contributed by atoms with van der Waals surface area (Å²) in [6, 6.07) is 0. The van der Waals surface area contributed by atoms with Crippen molar-refractivity contribution in [1.29, 1.82) is 0 Å². The lowest BCUT2D eigenvalue weighted by Gasteiger charge is -2.33. The van der Waals surface area contributed by atoms with E-state index in [1.54, 1.807) is 10.9 Å². The van der Waals surface area contributed by atoms with Gasteiger partial charge >= 0.3 is 0 Å². The number of aryl methyl sites for hydroxylation is 1. The molecule has 1 heterocycles. The van der Waals surface area contributed by atoms with Crippen molar-refractivity contribution in [3.05, 3.63) is 12.4 Å². The first kappa shape index (κ1) is 16.5. The third-order valence-electron chi connectivity index (χ3n) is 4.26. The Kier molecular flexibility index (Phi) is 5.40. The van der Waals surface area contributed by atoms with Gasteiger partial charge in [-0.25, -0.2) is 13.1 Å². The molecule has 120 valence electrons. The number of rotatable bonds is 7. The highest BCUT2D eigenvalue weighted by molar-refractivity contribution is 7.89. The van der Waals surface area contributed by atoms with Crippen LogP contribution in [0.15, 0.2) is 17.3 Å². The van der Waals surface area contributed by atoms with E-state index in [1.807, 2.05) is 0 Å². The number of nitrogens with two attached hydrogens (primary N) is 1. The van der Waals surface area contributed by atoms with Gasteiger partial charge in [0.05, 0.1) is 6.20 Å². The topological polar surface area (TPSA) is 90.0 Å². The van der Waals surface area contributed by atoms with Gasteiger partial charge in [-0.1, -0.05) is 26.2 Å². The Morgan fingerprint density at radius 1 is 1.38 bits per heavy atom. The van der Waals surface area contributed by atoms with Crippen LogP contribution in [0.25, 0.3) is 0 Å². The fourth-order valence-corrected chi connectivity index (χ4v) is 3.95. The molecule has 2 rings (SSSR count). The summed E-state index contributed by atoms with van der Waals surface area (Å²) in [4.78, 5) is 0.235. The summed E-state index contributed by atoms with van der Waals surface area (Å²) in [5, 5.41) is 4.07. The van der Waals surface area contributed by atoms with Crippen LogP contribution in [-0.4, -0.2) is 31.3 Å². The van der Waals surface area contributed by atoms with Crippen LogP contribution in [0.5, 0.6) is 0 Å². The summed E-state index contributed by atoms with van der Waals surface area (Å²) in [5.74, 6) is 0. The smallest absolute Gasteiger partial charge is 0.243 e. The molecule has 1 aromatic heterocycles. The summed E-state index contributed by atoms with van der Waals surface area (Å²) in [5.41, 5.74) is 5.53. The predicted molar refractivity (Wildman–Crippen MR) is 82.3 cm³/mol. The van der Waals surface area contributed by atoms with E-state index in [0.29, 0.717) is 19.6 Å². The van der Waals surface area contributed by atoms with Crippen LogP contribution < -0.4 is 10.5 Å². The second-order valence-corrected chi connectivity index (χ2v) is 8.04. The van der Waals surface area contributed by atoms with Gasteiger partial charge in [-0.2, -0.15) is 5.10 Å². The zero-order valence-electron chi connectivity index (χ0n) is 12.7. The molecule has 3 N–H and O–H groups in total. The van der Waals surface area contributed by atoms with Gasteiger partial charge < -0.3 is 5.73 Å². The average molecular weight is 314 g/mol. The number of nitrogens with one attached hydrogen (secondary N) is 1. The Hall–Kier alpha value is -0.920. The molecule has 0 atom stereocenters. The summed E-state index contributed by atoms with van der Waals surface area (Å²) < 4.78 is 29.0. The SMILES string of the molecule is CC1(CNS(=O)(=O)c2cnn(CCCN)c2)CCCCC1. The number of sulfonamides is 1. The molecule has 0 aromatic carbocycles. The summed E-state index contributed by atoms with van der Waals surface area (Å²) >= 11 is 0. The van der Waals surface area contributed by atoms with Crippen molar-refractivity contribution in [2.75, 3.05) is 13.1 Å². The minimum Gasteiger partial charge on any atom is -0.330 e. The molecule has 1 aliphatic rings. The van der Waals surface area contributed by atoms with Gasteiger partial charge in [-0.15, -0.1) is 0 Å². The second kappa shape index (κ2) is 6.89. The zero-order chi connectivity index (χ0) is 15.3. The van der Waals surface area contributed by atoms with E-state index in [0.717, 1.165) is 19.3 Å². The first-order valence-corrected chi connectivity index (χ1v) is 9.16. The van der Waals surface area contributed by atoms with Crippen LogP contribution in [-0.2, 0) is 16.6 Å². The highest BCUT2D eigenvalue weighted by Gasteiger charge is 2.29. The minimum atomic E-state index is -3.47. The summed E-state index contributed by atoms with van der Waals surface area (Å²) in [7, 11) is -3.47. The molecule has 0 aliphatic heterocycles. The quantitative estimate of drug-likeness (QED) is 0.797. The Bertz CT molecular complexity index is 547. The summed E-state index contributed by atoms with van der Waals surface area (Å²) in [6.45, 7) is 3.88. The van der Waals surface area contributed by atoms with Crippen LogP contribution >= 0.6 is 0 Å². The maximum absolute atomic E-state index is 12.3. The summed E-state index contributed by atoms with van der Waals surface area (Å²) in [6.07, 6.45) is 9.58. The monoisotopic (exact) mass is 314 g/mol. The number of aromatic nitrogens is 2. The molecule has 1 saturated carbocycles. The van der Waals surface area contributed by atoms with Gasteiger partial charge in [-0.3, -0.25) is 4.68 Å². The maximum Gasteiger partial charge on any atom is 0.243 e. The van der Waals surface area contributed by atoms with Gasteiger partial charge in [-0.05, 0) is 31.2 Å². The van der Waals surface area contributed by atoms with E-state index in [4.69, 9.17) is 5.73 Å². The maximum atomic E-state index is 12.3. The fourth-order valence-electron chi connectivity index (χ4n) is 2.79. The van der Waals surface area contributed by atoms with Gasteiger partial charge in [0.15, 0.2) is 0 Å². The van der Waals surface area contributed by atoms with Gasteiger partial charge in [0.2, 0.25) is 10.0 Å². The number of hydrogen-bond donors (Lipinski definition) is 2. The first-order valence-electron chi connectivity index (χ1n) is 7.67. The molecule has 0 bridgehead atoms. The van der Waals surface area contributed by atoms with Crippen molar-refractivity contribution in [2.45, 2.75) is 56.9 Å². The van der Waals surface area contributed by atoms with E-state index in [2.05, 4.69) is 16.7 Å². The van der Waals surface area contributed by atoms with Crippen molar-refractivity contribution in [3.63, 3.8) is 0 Å². The lowest BCUT2D eigenvalue weighted by molar-refractivity contribution is 0.219. The first-order chi connectivity index (χ1) is 9.95. The molecule has 21 heavy (non-hydrogen) atoms. The standard InChI is InChI=1S/C14H26N4O2S/c1-14(6-3-2-4-7-14)12-17-21(19,20)13-10-16-18(11-13)9-5-8-15/h10-11,17H,2-9,12,15H2,1H3. The van der Waals surface area contributed by atoms with Crippen molar-refractivity contribution >= 4 is 10.0 Å². The van der Waals surface area contributed by atoms with E-state index in [9.17, 15) is 8.42 Å². The van der Waals surface area contributed by atoms with Crippen LogP contribution in [0, 0.1) is 5.41 Å². The third-order valence-corrected chi connectivity index (χ3v) is 5.62. The van der Waals surface area contributed by atoms with Crippen LogP contribution in [0.3, 0.4) is 0 Å². The van der Waals surface area contributed by atoms with E-state index in [1.165, 1.54) is 25.5 Å². The molecule has 0 amide bonds. The van der Waals surface area contributed by atoms with Crippen LogP contribution in [0.1, 0.15) is 45.4 Å². The largest absolute Gasteiger partial charge is 0.330 e. The molecule has 0 saturated heterocycles. The van der Waals surface area contributed by atoms with Crippen molar-refractivity contribution in [1.82, 2.24) is 14.5 Å². The fraction of sp³-hybridized carbons (Fsp3) is 0.786. The lowest BCUT2D eigenvalue weighted by atomic mass is 9.76. The minimum absolute atomic E-state index is 0.0842. The van der Waals surface area contributed by atoms with Crippen molar-refractivity contribution in [3.8, 4) is 0 Å². The van der Waals surface area contributed by atoms with Crippen LogP contribution in [0.2, 0.25) is 0 Å². The van der Waals surface area contributed by atoms with Gasteiger partial charge in [0.25, 0.3) is 0 Å². The molecular weight excluding hydrogens is 288 g/mol. The molecular formula is C14H26N4O2S. The van der Waals surface area contributed by atoms with Gasteiger partial charge in [0.1, 0.15) is 4.90 Å². The van der Waals surface area contributed by atoms with Gasteiger partial charge in [0, 0.05) is 19.3 Å². The van der Waals surface area contributed by atoms with E-state index >= 15 is 0 Å². The lowest BCUT2D eigenvalue weighted by Crippen LogP contribution is -2.36. The number of hydrogen-bond acceptors (Lipinski definition) is 4. The second-order valence-electron chi connectivity index (χ2n) is 6.28. The van der Waals surface area contributed by atoms with Crippen molar-refractivity contribution in [2.24, 2.45) is 11.1 Å². The molecule has 6 nitrogen and oxygen atoms in total. The Balaban J connectivity index is 1.96. The molecule has 1 fully saturated rings. The molecule has 0 radical (unpaired) electrons. The Morgan fingerprint density at radius 2 is 2.10 bits per heavy atom. The molecule has 0 spiro atoms. The highest BCUT2D eigenvalue weighted by Crippen LogP contribution is 2.35. The van der Waals surface area contributed by atoms with Crippen LogP contribution in [0.4, 0.5) is 0 Å². The van der Waals surface area contributed by atoms with Crippen molar-refractivity contribution < 1.29 is 8.42 Å². The molecule has 0 unspecified atom stereocenters. The highest BCUT2D eigenvalue weighted by atomic mass is 32.2. The number of nitrogens with zero attached hydrogens (tertiary/aromatic N) is 2. The molecule has 1 aromatic rings.